The number of hydrazine groups is 1. The summed E-state index contributed by atoms with van der Waals surface area (Å²) in [4.78, 5) is 26.9. The molecule has 1 rings (SSSR count). The van der Waals surface area contributed by atoms with Crippen LogP contribution in [0.3, 0.4) is 0 Å². The van der Waals surface area contributed by atoms with E-state index in [0.29, 0.717) is 11.4 Å². The molecule has 0 aliphatic carbocycles. The molecule has 1 heterocycles. The van der Waals surface area contributed by atoms with Crippen LogP contribution in [-0.4, -0.2) is 16.8 Å². The Morgan fingerprint density at radius 2 is 2.00 bits per heavy atom. The van der Waals surface area contributed by atoms with Gasteiger partial charge in [-0.3, -0.25) is 15.0 Å². The zero-order chi connectivity index (χ0) is 13.1. The largest absolute Gasteiger partial charge is 0.310 e. The van der Waals surface area contributed by atoms with Crippen LogP contribution < -0.4 is 16.6 Å². The molecule has 0 spiro atoms. The molecule has 1 aromatic heterocycles. The number of nitrogen functional groups attached to an aromatic ring is 1. The molecule has 0 unspecified atom stereocenters. The van der Waals surface area contributed by atoms with Crippen LogP contribution in [0.2, 0.25) is 0 Å². The van der Waals surface area contributed by atoms with Crippen molar-refractivity contribution in [2.75, 3.05) is 5.32 Å². The maximum Gasteiger partial charge on any atom is 0.265 e. The fraction of sp³-hybridized carbons (Fsp3) is 0.364. The van der Waals surface area contributed by atoms with Gasteiger partial charge in [0.25, 0.3) is 5.91 Å². The second-order valence-electron chi connectivity index (χ2n) is 4.61. The molecule has 92 valence electrons. The molecule has 2 amide bonds. The number of amides is 2. The molecule has 0 aromatic carbocycles. The summed E-state index contributed by atoms with van der Waals surface area (Å²) in [6.45, 7) is 5.37. The first-order valence-corrected chi connectivity index (χ1v) is 5.13. The number of hydrogen-bond acceptors (Lipinski definition) is 4. The predicted octanol–water partition coefficient (Wildman–Crippen LogP) is 0.670. The summed E-state index contributed by atoms with van der Waals surface area (Å²) >= 11 is 0. The van der Waals surface area contributed by atoms with E-state index < -0.39 is 11.3 Å². The van der Waals surface area contributed by atoms with Crippen molar-refractivity contribution in [1.82, 2.24) is 10.4 Å². The zero-order valence-corrected chi connectivity index (χ0v) is 10.1. The van der Waals surface area contributed by atoms with E-state index >= 15 is 0 Å². The number of aromatic nitrogens is 1. The van der Waals surface area contributed by atoms with E-state index in [0.717, 1.165) is 0 Å². The number of rotatable bonds is 2. The average Bonchev–Trinajstić information content (AvgIpc) is 2.27. The summed E-state index contributed by atoms with van der Waals surface area (Å²) in [5.74, 6) is 4.74. The van der Waals surface area contributed by atoms with Crippen LogP contribution in [0.1, 0.15) is 31.1 Å². The second kappa shape index (κ2) is 4.92. The predicted molar refractivity (Wildman–Crippen MR) is 64.0 cm³/mol. The van der Waals surface area contributed by atoms with Gasteiger partial charge in [-0.15, -0.1) is 0 Å². The minimum absolute atomic E-state index is 0.171. The van der Waals surface area contributed by atoms with E-state index in [1.54, 1.807) is 20.8 Å². The zero-order valence-electron chi connectivity index (χ0n) is 10.1. The molecule has 0 bridgehead atoms. The molecule has 0 aliphatic rings. The van der Waals surface area contributed by atoms with Crippen molar-refractivity contribution in [2.24, 2.45) is 11.3 Å². The van der Waals surface area contributed by atoms with Gasteiger partial charge in [0.1, 0.15) is 5.82 Å². The smallest absolute Gasteiger partial charge is 0.265 e. The third kappa shape index (κ3) is 3.53. The van der Waals surface area contributed by atoms with Crippen molar-refractivity contribution in [1.29, 1.82) is 0 Å². The molecule has 4 N–H and O–H groups in total. The van der Waals surface area contributed by atoms with Gasteiger partial charge in [0.15, 0.2) is 0 Å². The van der Waals surface area contributed by atoms with Crippen LogP contribution >= 0.6 is 0 Å². The first-order valence-electron chi connectivity index (χ1n) is 5.13. The summed E-state index contributed by atoms with van der Waals surface area (Å²) in [6.07, 6.45) is 1.43. The lowest BCUT2D eigenvalue weighted by Crippen LogP contribution is -2.30. The number of nitrogens with two attached hydrogens (primary N) is 1. The van der Waals surface area contributed by atoms with Crippen molar-refractivity contribution < 1.29 is 9.59 Å². The van der Waals surface area contributed by atoms with Gasteiger partial charge in [-0.1, -0.05) is 20.8 Å². The number of nitrogens with one attached hydrogen (secondary N) is 2. The maximum absolute atomic E-state index is 11.7. The van der Waals surface area contributed by atoms with Crippen molar-refractivity contribution in [2.45, 2.75) is 20.8 Å². The van der Waals surface area contributed by atoms with Gasteiger partial charge in [-0.25, -0.2) is 10.8 Å². The Kier molecular flexibility index (Phi) is 3.80. The monoisotopic (exact) mass is 236 g/mol. The van der Waals surface area contributed by atoms with Gasteiger partial charge in [0.2, 0.25) is 5.91 Å². The molecule has 0 aliphatic heterocycles. The normalized spacial score (nSPS) is 10.8. The molecule has 17 heavy (non-hydrogen) atoms. The Labute approximate surface area is 99.6 Å². The maximum atomic E-state index is 11.7. The number of carbonyl (C=O) groups is 2. The fourth-order valence-electron chi connectivity index (χ4n) is 1.03. The van der Waals surface area contributed by atoms with E-state index in [1.807, 2.05) is 5.43 Å². The highest BCUT2D eigenvalue weighted by atomic mass is 16.2. The minimum Gasteiger partial charge on any atom is -0.310 e. The number of nitrogens with zero attached hydrogens (tertiary/aromatic N) is 1. The van der Waals surface area contributed by atoms with Crippen LogP contribution in [0.5, 0.6) is 0 Å². The van der Waals surface area contributed by atoms with Gasteiger partial charge >= 0.3 is 0 Å². The van der Waals surface area contributed by atoms with E-state index in [-0.39, 0.29) is 5.91 Å². The van der Waals surface area contributed by atoms with Crippen molar-refractivity contribution in [3.8, 4) is 0 Å². The average molecular weight is 236 g/mol. The van der Waals surface area contributed by atoms with Crippen molar-refractivity contribution in [3.63, 3.8) is 0 Å². The molecule has 0 atom stereocenters. The lowest BCUT2D eigenvalue weighted by molar-refractivity contribution is -0.123. The molecule has 0 saturated heterocycles. The van der Waals surface area contributed by atoms with Gasteiger partial charge in [-0.2, -0.15) is 0 Å². The lowest BCUT2D eigenvalue weighted by Gasteiger charge is -2.17. The molecule has 6 nitrogen and oxygen atoms in total. The summed E-state index contributed by atoms with van der Waals surface area (Å²) in [5.41, 5.74) is 1.83. The van der Waals surface area contributed by atoms with Gasteiger partial charge < -0.3 is 5.32 Å². The van der Waals surface area contributed by atoms with Gasteiger partial charge in [-0.05, 0) is 12.1 Å². The van der Waals surface area contributed by atoms with Crippen molar-refractivity contribution >= 4 is 17.6 Å². The molecule has 1 aromatic rings. The molecule has 0 fully saturated rings. The second-order valence-corrected chi connectivity index (χ2v) is 4.61. The van der Waals surface area contributed by atoms with E-state index in [2.05, 4.69) is 10.3 Å². The Morgan fingerprint density at radius 3 is 2.53 bits per heavy atom. The fourth-order valence-corrected chi connectivity index (χ4v) is 1.03. The Bertz CT molecular complexity index is 437. The standard InChI is InChI=1S/C11H16N4O2/c1-11(2,3)10(17)14-8-6-7(4-5-13-8)9(16)15-12/h4-6H,12H2,1-3H3,(H,15,16)(H,13,14,17). The topological polar surface area (TPSA) is 97.1 Å². The third-order valence-corrected chi connectivity index (χ3v) is 2.08. The number of anilines is 1. The highest BCUT2D eigenvalue weighted by Crippen LogP contribution is 2.16. The van der Waals surface area contributed by atoms with Gasteiger partial charge in [0.05, 0.1) is 0 Å². The summed E-state index contributed by atoms with van der Waals surface area (Å²) < 4.78 is 0. The van der Waals surface area contributed by atoms with Gasteiger partial charge in [0, 0.05) is 17.2 Å². The quantitative estimate of drug-likeness (QED) is 0.399. The number of hydrogen-bond donors (Lipinski definition) is 3. The molecular weight excluding hydrogens is 220 g/mol. The minimum atomic E-state index is -0.520. The van der Waals surface area contributed by atoms with E-state index in [1.165, 1.54) is 18.3 Å². The van der Waals surface area contributed by atoms with Crippen molar-refractivity contribution in [3.05, 3.63) is 23.9 Å². The summed E-state index contributed by atoms with van der Waals surface area (Å²) in [7, 11) is 0. The van der Waals surface area contributed by atoms with Crippen LogP contribution in [-0.2, 0) is 4.79 Å². The Hall–Kier alpha value is -1.95. The Balaban J connectivity index is 2.87. The molecule has 0 saturated carbocycles. The van der Waals surface area contributed by atoms with Crippen LogP contribution in [0.15, 0.2) is 18.3 Å². The summed E-state index contributed by atoms with van der Waals surface area (Å²) in [5, 5.41) is 2.63. The number of carbonyl (C=O) groups excluding carboxylic acids is 2. The van der Waals surface area contributed by atoms with Crippen LogP contribution in [0, 0.1) is 5.41 Å². The van der Waals surface area contributed by atoms with E-state index in [4.69, 9.17) is 5.84 Å². The first kappa shape index (κ1) is 13.1. The highest BCUT2D eigenvalue weighted by molar-refractivity contribution is 5.97. The molecule has 0 radical (unpaired) electrons. The first-order chi connectivity index (χ1) is 7.84. The van der Waals surface area contributed by atoms with Crippen LogP contribution in [0.25, 0.3) is 0 Å². The highest BCUT2D eigenvalue weighted by Gasteiger charge is 2.21. The molecule has 6 heteroatoms. The third-order valence-electron chi connectivity index (χ3n) is 2.08. The number of pyridine rings is 1. The molecular formula is C11H16N4O2. The van der Waals surface area contributed by atoms with E-state index in [9.17, 15) is 9.59 Å². The SMILES string of the molecule is CC(C)(C)C(=O)Nc1cc(C(=O)NN)ccn1. The summed E-state index contributed by atoms with van der Waals surface area (Å²) in [6, 6.07) is 2.97. The Morgan fingerprint density at radius 1 is 1.35 bits per heavy atom. The van der Waals surface area contributed by atoms with Crippen LogP contribution in [0.4, 0.5) is 5.82 Å². The lowest BCUT2D eigenvalue weighted by atomic mass is 9.96.